The fourth-order valence-corrected chi connectivity index (χ4v) is 9.28. The highest BCUT2D eigenvalue weighted by Gasteiger charge is 2.47. The lowest BCUT2D eigenvalue weighted by molar-refractivity contribution is 0.172. The molecule has 0 bridgehead atoms. The van der Waals surface area contributed by atoms with E-state index in [1.807, 2.05) is 52.9 Å². The van der Waals surface area contributed by atoms with Crippen molar-refractivity contribution in [1.82, 2.24) is 4.67 Å². The van der Waals surface area contributed by atoms with Crippen LogP contribution in [0.2, 0.25) is 0 Å². The summed E-state index contributed by atoms with van der Waals surface area (Å²) in [6.07, 6.45) is 2.01. The summed E-state index contributed by atoms with van der Waals surface area (Å²) in [5.74, 6) is 1.43. The van der Waals surface area contributed by atoms with E-state index < -0.39 is 6.34 Å². The molecule has 0 aliphatic carbocycles. The number of anilines is 2. The quantitative estimate of drug-likeness (QED) is 0.624. The average molecular weight is 458 g/mol. The van der Waals surface area contributed by atoms with Gasteiger partial charge in [0.05, 0.1) is 11.4 Å². The van der Waals surface area contributed by atoms with E-state index in [1.54, 1.807) is 0 Å². The Labute approximate surface area is 188 Å². The highest BCUT2D eigenvalue weighted by atomic mass is 32.4. The fourth-order valence-electron chi connectivity index (χ4n) is 4.70. The van der Waals surface area contributed by atoms with Crippen LogP contribution in [-0.4, -0.2) is 43.5 Å². The van der Waals surface area contributed by atoms with E-state index in [4.69, 9.17) is 21.3 Å². The van der Waals surface area contributed by atoms with Crippen molar-refractivity contribution in [3.8, 4) is 11.5 Å². The normalized spacial score (nSPS) is 24.0. The molecule has 164 valence electrons. The zero-order valence-electron chi connectivity index (χ0n) is 17.8. The molecule has 6 nitrogen and oxygen atoms in total. The van der Waals surface area contributed by atoms with Crippen LogP contribution in [0.5, 0.6) is 11.5 Å². The third-order valence-corrected chi connectivity index (χ3v) is 11.1. The van der Waals surface area contributed by atoms with E-state index in [0.29, 0.717) is 25.5 Å². The largest absolute Gasteiger partial charge is 0.486 e. The van der Waals surface area contributed by atoms with E-state index in [9.17, 15) is 4.79 Å². The highest BCUT2D eigenvalue weighted by Crippen LogP contribution is 2.60. The number of hydrogen-bond donors (Lipinski definition) is 0. The standard InChI is InChI=1S/C23H28N3O3PS/c1-2-25-19-16-20-21(29-15-14-28-20)17-22(19)30(31,24-12-8-3-4-9-13-24)26(23(25)27)18-10-6-5-7-11-18/h5-7,10-11,16-17H,2-4,8-9,12-15H2,1H3/t30-/m1/s1. The van der Waals surface area contributed by atoms with Gasteiger partial charge < -0.3 is 9.47 Å². The Morgan fingerprint density at radius 1 is 0.968 bits per heavy atom. The first-order valence-electron chi connectivity index (χ1n) is 11.1. The van der Waals surface area contributed by atoms with Crippen LogP contribution >= 0.6 is 6.34 Å². The van der Waals surface area contributed by atoms with Gasteiger partial charge in [-0.2, -0.15) is 0 Å². The monoisotopic (exact) mass is 457 g/mol. The maximum atomic E-state index is 13.9. The maximum absolute atomic E-state index is 13.9. The van der Waals surface area contributed by atoms with Gasteiger partial charge >= 0.3 is 6.03 Å². The second-order valence-corrected chi connectivity index (χ2v) is 12.1. The molecule has 0 saturated carbocycles. The molecule has 5 rings (SSSR count). The van der Waals surface area contributed by atoms with Crippen molar-refractivity contribution in [2.45, 2.75) is 32.6 Å². The molecule has 2 amide bonds. The number of urea groups is 1. The van der Waals surface area contributed by atoms with Crippen molar-refractivity contribution >= 4 is 40.9 Å². The predicted octanol–water partition coefficient (Wildman–Crippen LogP) is 4.74. The van der Waals surface area contributed by atoms with Crippen molar-refractivity contribution in [2.75, 3.05) is 42.4 Å². The second-order valence-electron chi connectivity index (χ2n) is 8.07. The minimum atomic E-state index is -2.62. The molecule has 0 unspecified atom stereocenters. The van der Waals surface area contributed by atoms with Gasteiger partial charge in [0.25, 0.3) is 0 Å². The van der Waals surface area contributed by atoms with E-state index in [1.165, 1.54) is 12.8 Å². The molecular weight excluding hydrogens is 429 g/mol. The Morgan fingerprint density at radius 2 is 1.61 bits per heavy atom. The molecule has 0 radical (unpaired) electrons. The van der Waals surface area contributed by atoms with Crippen molar-refractivity contribution in [2.24, 2.45) is 0 Å². The Balaban J connectivity index is 1.76. The number of amides is 2. The summed E-state index contributed by atoms with van der Waals surface area (Å²) in [6.45, 7) is 5.42. The fraction of sp³-hybridized carbons (Fsp3) is 0.435. The lowest BCUT2D eigenvalue weighted by Crippen LogP contribution is -2.53. The van der Waals surface area contributed by atoms with Gasteiger partial charge in [-0.3, -0.25) is 9.57 Å². The van der Waals surface area contributed by atoms with Crippen LogP contribution in [0.1, 0.15) is 32.6 Å². The number of fused-ring (bicyclic) bond motifs is 2. The molecule has 3 aliphatic rings. The van der Waals surface area contributed by atoms with Crippen LogP contribution in [0.4, 0.5) is 16.2 Å². The number of nitrogens with zero attached hydrogens (tertiary/aromatic N) is 3. The second kappa shape index (κ2) is 8.45. The lowest BCUT2D eigenvalue weighted by atomic mass is 10.2. The first-order valence-corrected chi connectivity index (χ1v) is 13.8. The Bertz CT molecular complexity index is 1020. The molecule has 0 spiro atoms. The van der Waals surface area contributed by atoms with Crippen molar-refractivity contribution < 1.29 is 14.3 Å². The van der Waals surface area contributed by atoms with Gasteiger partial charge in [-0.15, -0.1) is 0 Å². The van der Waals surface area contributed by atoms with E-state index in [2.05, 4.69) is 10.7 Å². The number of benzene rings is 2. The van der Waals surface area contributed by atoms with Gasteiger partial charge in [0, 0.05) is 31.0 Å². The molecule has 0 N–H and O–H groups in total. The molecule has 3 aliphatic heterocycles. The summed E-state index contributed by atoms with van der Waals surface area (Å²) in [4.78, 5) is 15.8. The van der Waals surface area contributed by atoms with Crippen LogP contribution in [0.3, 0.4) is 0 Å². The molecule has 0 aromatic heterocycles. The summed E-state index contributed by atoms with van der Waals surface area (Å²) in [7, 11) is 0. The topological polar surface area (TPSA) is 45.3 Å². The smallest absolute Gasteiger partial charge is 0.334 e. The van der Waals surface area contributed by atoms with Crippen LogP contribution < -0.4 is 24.3 Å². The number of carbonyl (C=O) groups is 1. The minimum absolute atomic E-state index is 0.0505. The Hall–Kier alpha value is -2.08. The molecule has 1 saturated heterocycles. The first-order chi connectivity index (χ1) is 15.1. The number of para-hydroxylation sites is 1. The molecule has 3 heterocycles. The van der Waals surface area contributed by atoms with Gasteiger partial charge in [-0.05, 0) is 38.0 Å². The number of ether oxygens (including phenoxy) is 2. The SMILES string of the molecule is CCN1C(=O)N(c2ccccc2)[P@](=S)(N2CCCCCC2)c2cc3c(cc21)OCCO3. The summed E-state index contributed by atoms with van der Waals surface area (Å²) < 4.78 is 16.1. The minimum Gasteiger partial charge on any atom is -0.486 e. The summed E-state index contributed by atoms with van der Waals surface area (Å²) in [6, 6.07) is 13.9. The molecule has 2 aromatic rings. The number of rotatable bonds is 3. The third kappa shape index (κ3) is 3.43. The zero-order chi connectivity index (χ0) is 21.4. The Morgan fingerprint density at radius 3 is 2.26 bits per heavy atom. The molecule has 8 heteroatoms. The van der Waals surface area contributed by atoms with E-state index in [-0.39, 0.29) is 6.03 Å². The zero-order valence-corrected chi connectivity index (χ0v) is 19.5. The van der Waals surface area contributed by atoms with Gasteiger partial charge in [0.2, 0.25) is 0 Å². The molecule has 2 aromatic carbocycles. The number of hydrogen-bond acceptors (Lipinski definition) is 4. The summed E-state index contributed by atoms with van der Waals surface area (Å²) in [5.41, 5.74) is 1.73. The number of carbonyl (C=O) groups excluding carboxylic acids is 1. The van der Waals surface area contributed by atoms with E-state index in [0.717, 1.165) is 48.4 Å². The average Bonchev–Trinajstić information content (AvgIpc) is 3.09. The van der Waals surface area contributed by atoms with Gasteiger partial charge in [0.15, 0.2) is 11.5 Å². The van der Waals surface area contributed by atoms with Crippen molar-refractivity contribution in [3.63, 3.8) is 0 Å². The maximum Gasteiger partial charge on any atom is 0.334 e. The molecule has 1 fully saturated rings. The predicted molar refractivity (Wildman–Crippen MR) is 129 cm³/mol. The van der Waals surface area contributed by atoms with Gasteiger partial charge in [-0.1, -0.05) is 42.8 Å². The lowest BCUT2D eigenvalue weighted by Gasteiger charge is -2.49. The van der Waals surface area contributed by atoms with Crippen LogP contribution in [0, 0.1) is 0 Å². The van der Waals surface area contributed by atoms with Crippen LogP contribution in [0.25, 0.3) is 0 Å². The molecule has 31 heavy (non-hydrogen) atoms. The van der Waals surface area contributed by atoms with Crippen molar-refractivity contribution in [1.29, 1.82) is 0 Å². The van der Waals surface area contributed by atoms with Gasteiger partial charge in [0.1, 0.15) is 19.6 Å². The van der Waals surface area contributed by atoms with E-state index >= 15 is 0 Å². The van der Waals surface area contributed by atoms with Crippen LogP contribution in [0.15, 0.2) is 42.5 Å². The summed E-state index contributed by atoms with van der Waals surface area (Å²) in [5, 5.41) is 1.03. The molecule has 1 atom stereocenters. The third-order valence-electron chi connectivity index (χ3n) is 6.21. The highest BCUT2D eigenvalue weighted by molar-refractivity contribution is 8.18. The first kappa shape index (κ1) is 20.8. The van der Waals surface area contributed by atoms with Crippen LogP contribution in [-0.2, 0) is 11.8 Å². The Kier molecular flexibility index (Phi) is 5.67. The van der Waals surface area contributed by atoms with Crippen molar-refractivity contribution in [3.05, 3.63) is 42.5 Å². The van der Waals surface area contributed by atoms with Gasteiger partial charge in [-0.25, -0.2) is 9.46 Å². The molecular formula is C23H28N3O3PS. The summed E-state index contributed by atoms with van der Waals surface area (Å²) >= 11 is 6.59.